The lowest BCUT2D eigenvalue weighted by Crippen LogP contribution is -2.49. The van der Waals surface area contributed by atoms with Gasteiger partial charge in [-0.05, 0) is 36.8 Å². The minimum atomic E-state index is -0.386. The zero-order valence-corrected chi connectivity index (χ0v) is 17.2. The molecule has 8 heteroatoms. The first-order valence-electron chi connectivity index (χ1n) is 9.63. The Kier molecular flexibility index (Phi) is 5.46. The summed E-state index contributed by atoms with van der Waals surface area (Å²) in [6, 6.07) is 14.1. The number of benzene rings is 2. The molecule has 154 valence electrons. The predicted octanol–water partition coefficient (Wildman–Crippen LogP) is 2.86. The number of carbonyl (C=O) groups excluding carboxylic acids is 1. The molecule has 0 aliphatic carbocycles. The lowest BCUT2D eigenvalue weighted by Gasteiger charge is -2.36. The van der Waals surface area contributed by atoms with Gasteiger partial charge < -0.3 is 14.9 Å². The van der Waals surface area contributed by atoms with Crippen LogP contribution in [-0.2, 0) is 0 Å². The molecule has 1 aromatic heterocycles. The number of piperazine rings is 1. The van der Waals surface area contributed by atoms with E-state index < -0.39 is 0 Å². The number of hydrogen-bond donors (Lipinski definition) is 1. The van der Waals surface area contributed by atoms with E-state index in [1.165, 1.54) is 4.68 Å². The third kappa shape index (κ3) is 3.76. The smallest absolute Gasteiger partial charge is 0.292 e. The number of rotatable bonds is 3. The van der Waals surface area contributed by atoms with E-state index in [9.17, 15) is 14.7 Å². The number of phenols is 1. The minimum absolute atomic E-state index is 0.0146. The summed E-state index contributed by atoms with van der Waals surface area (Å²) >= 11 is 6.38. The van der Waals surface area contributed by atoms with Crippen LogP contribution in [0.4, 0.5) is 5.69 Å². The Morgan fingerprint density at radius 2 is 1.77 bits per heavy atom. The Bertz CT molecular complexity index is 1140. The van der Waals surface area contributed by atoms with Gasteiger partial charge in [-0.15, -0.1) is 0 Å². The van der Waals surface area contributed by atoms with Gasteiger partial charge in [0.15, 0.2) is 0 Å². The molecule has 1 N–H and O–H groups in total. The summed E-state index contributed by atoms with van der Waals surface area (Å²) in [6.07, 6.45) is 1.58. The third-order valence-electron chi connectivity index (χ3n) is 5.19. The normalized spacial score (nSPS) is 14.1. The summed E-state index contributed by atoms with van der Waals surface area (Å²) in [5.74, 6) is -0.227. The standard InChI is InChI=1S/C22H21ClN4O3/c1-15-7-8-17(19(28)13-15)21(29)26-11-9-25(10-12-26)18-14-24-27(22(30)20(18)23)16-5-3-2-4-6-16/h2-8,13-14,28H,9-12H2,1H3. The Labute approximate surface area is 178 Å². The van der Waals surface area contributed by atoms with Crippen molar-refractivity contribution in [3.8, 4) is 11.4 Å². The van der Waals surface area contributed by atoms with Gasteiger partial charge in [0.25, 0.3) is 11.5 Å². The average Bonchev–Trinajstić information content (AvgIpc) is 2.76. The fraction of sp³-hybridized carbons (Fsp3) is 0.227. The first-order chi connectivity index (χ1) is 14.5. The monoisotopic (exact) mass is 424 g/mol. The van der Waals surface area contributed by atoms with Crippen molar-refractivity contribution >= 4 is 23.2 Å². The molecule has 0 saturated carbocycles. The van der Waals surface area contributed by atoms with Gasteiger partial charge in [0, 0.05) is 26.2 Å². The van der Waals surface area contributed by atoms with Crippen LogP contribution in [0.5, 0.6) is 5.75 Å². The summed E-state index contributed by atoms with van der Waals surface area (Å²) in [5, 5.41) is 14.5. The highest BCUT2D eigenvalue weighted by molar-refractivity contribution is 6.33. The van der Waals surface area contributed by atoms with Crippen LogP contribution >= 0.6 is 11.6 Å². The van der Waals surface area contributed by atoms with E-state index in [1.807, 2.05) is 30.0 Å². The van der Waals surface area contributed by atoms with Crippen molar-refractivity contribution in [2.75, 3.05) is 31.1 Å². The van der Waals surface area contributed by atoms with Gasteiger partial charge >= 0.3 is 0 Å². The molecule has 4 rings (SSSR count). The van der Waals surface area contributed by atoms with Gasteiger partial charge in [0.2, 0.25) is 0 Å². The molecular weight excluding hydrogens is 404 g/mol. The lowest BCUT2D eigenvalue weighted by atomic mass is 10.1. The molecule has 2 heterocycles. The summed E-state index contributed by atoms with van der Waals surface area (Å²) < 4.78 is 1.27. The Morgan fingerprint density at radius 3 is 2.43 bits per heavy atom. The van der Waals surface area contributed by atoms with Crippen molar-refractivity contribution in [1.29, 1.82) is 0 Å². The SMILES string of the molecule is Cc1ccc(C(=O)N2CCN(c3cnn(-c4ccccc4)c(=O)c3Cl)CC2)c(O)c1. The molecule has 1 aliphatic heterocycles. The third-order valence-corrected chi connectivity index (χ3v) is 5.55. The van der Waals surface area contributed by atoms with Crippen LogP contribution < -0.4 is 10.5 Å². The molecule has 3 aromatic rings. The molecule has 1 aliphatic rings. The number of aryl methyl sites for hydroxylation is 1. The van der Waals surface area contributed by atoms with Gasteiger partial charge in [-0.25, -0.2) is 0 Å². The van der Waals surface area contributed by atoms with Crippen LogP contribution in [0.25, 0.3) is 5.69 Å². The number of aromatic hydroxyl groups is 1. The van der Waals surface area contributed by atoms with Gasteiger partial charge in [-0.2, -0.15) is 9.78 Å². The minimum Gasteiger partial charge on any atom is -0.507 e. The maximum Gasteiger partial charge on any atom is 0.292 e. The highest BCUT2D eigenvalue weighted by Crippen LogP contribution is 2.25. The fourth-order valence-corrected chi connectivity index (χ4v) is 3.79. The number of halogens is 1. The van der Waals surface area contributed by atoms with Gasteiger partial charge in [-0.1, -0.05) is 35.9 Å². The Balaban J connectivity index is 1.50. The van der Waals surface area contributed by atoms with Crippen molar-refractivity contribution in [3.63, 3.8) is 0 Å². The van der Waals surface area contributed by atoms with Gasteiger partial charge in [0.1, 0.15) is 10.8 Å². The predicted molar refractivity (Wildman–Crippen MR) is 116 cm³/mol. The van der Waals surface area contributed by atoms with Crippen molar-refractivity contribution in [1.82, 2.24) is 14.7 Å². The zero-order chi connectivity index (χ0) is 21.3. The first kappa shape index (κ1) is 20.0. The highest BCUT2D eigenvalue weighted by Gasteiger charge is 2.26. The van der Waals surface area contributed by atoms with Crippen LogP contribution in [0.3, 0.4) is 0 Å². The average molecular weight is 425 g/mol. The second-order valence-corrected chi connectivity index (χ2v) is 7.57. The quantitative estimate of drug-likeness (QED) is 0.699. The summed E-state index contributed by atoms with van der Waals surface area (Å²) in [6.45, 7) is 3.77. The van der Waals surface area contributed by atoms with E-state index in [0.717, 1.165) is 5.56 Å². The molecular formula is C22H21ClN4O3. The van der Waals surface area contributed by atoms with Crippen LogP contribution in [0.2, 0.25) is 5.02 Å². The number of anilines is 1. The number of hydrogen-bond acceptors (Lipinski definition) is 5. The maximum absolute atomic E-state index is 12.8. The zero-order valence-electron chi connectivity index (χ0n) is 16.5. The molecule has 0 unspecified atom stereocenters. The van der Waals surface area contributed by atoms with Gasteiger partial charge in [0.05, 0.1) is 23.1 Å². The van der Waals surface area contributed by atoms with E-state index in [0.29, 0.717) is 43.1 Å². The van der Waals surface area contributed by atoms with Crippen molar-refractivity contribution < 1.29 is 9.90 Å². The number of amides is 1. The Hall–Kier alpha value is -3.32. The molecule has 0 bridgehead atoms. The molecule has 7 nitrogen and oxygen atoms in total. The number of para-hydroxylation sites is 1. The Morgan fingerprint density at radius 1 is 1.07 bits per heavy atom. The van der Waals surface area contributed by atoms with E-state index in [1.54, 1.807) is 41.4 Å². The lowest BCUT2D eigenvalue weighted by molar-refractivity contribution is 0.0743. The number of nitrogens with zero attached hydrogens (tertiary/aromatic N) is 4. The van der Waals surface area contributed by atoms with Crippen molar-refractivity contribution in [2.45, 2.75) is 6.92 Å². The van der Waals surface area contributed by atoms with Crippen LogP contribution in [0.15, 0.2) is 59.5 Å². The molecule has 2 aromatic carbocycles. The van der Waals surface area contributed by atoms with Gasteiger partial charge in [-0.3, -0.25) is 9.59 Å². The molecule has 1 fully saturated rings. The summed E-state index contributed by atoms with van der Waals surface area (Å²) in [5.41, 5.74) is 1.99. The largest absolute Gasteiger partial charge is 0.507 e. The van der Waals surface area contributed by atoms with Crippen LogP contribution in [-0.4, -0.2) is 51.9 Å². The highest BCUT2D eigenvalue weighted by atomic mass is 35.5. The van der Waals surface area contributed by atoms with E-state index in [2.05, 4.69) is 5.10 Å². The fourth-order valence-electron chi connectivity index (χ4n) is 3.54. The van der Waals surface area contributed by atoms with Crippen LogP contribution in [0, 0.1) is 6.92 Å². The number of aromatic nitrogens is 2. The maximum atomic E-state index is 12.8. The molecule has 1 amide bonds. The van der Waals surface area contributed by atoms with E-state index in [-0.39, 0.29) is 22.2 Å². The molecule has 30 heavy (non-hydrogen) atoms. The summed E-state index contributed by atoms with van der Waals surface area (Å²) in [4.78, 5) is 29.1. The molecule has 1 saturated heterocycles. The number of phenolic OH excluding ortho intramolecular Hbond substituents is 1. The van der Waals surface area contributed by atoms with Crippen molar-refractivity contribution in [2.24, 2.45) is 0 Å². The molecule has 0 spiro atoms. The molecule has 0 radical (unpaired) electrons. The second-order valence-electron chi connectivity index (χ2n) is 7.20. The van der Waals surface area contributed by atoms with E-state index >= 15 is 0 Å². The number of carbonyl (C=O) groups is 1. The van der Waals surface area contributed by atoms with E-state index in [4.69, 9.17) is 11.6 Å². The topological polar surface area (TPSA) is 78.7 Å². The van der Waals surface area contributed by atoms with Crippen molar-refractivity contribution in [3.05, 3.63) is 81.2 Å². The molecule has 0 atom stereocenters. The summed E-state index contributed by atoms with van der Waals surface area (Å²) in [7, 11) is 0. The second kappa shape index (κ2) is 8.20. The van der Waals surface area contributed by atoms with Crippen LogP contribution in [0.1, 0.15) is 15.9 Å². The first-order valence-corrected chi connectivity index (χ1v) is 10.0.